The first-order valence-electron chi connectivity index (χ1n) is 7.92. The van der Waals surface area contributed by atoms with Gasteiger partial charge in [-0.15, -0.1) is 0 Å². The number of likely N-dealkylation sites (tertiary alicyclic amines) is 1. The molecule has 0 amide bonds. The highest BCUT2D eigenvalue weighted by atomic mass is 16.5. The van der Waals surface area contributed by atoms with Crippen LogP contribution in [0.25, 0.3) is 0 Å². The Bertz CT molecular complexity index is 639. The van der Waals surface area contributed by atoms with Crippen LogP contribution in [0.2, 0.25) is 0 Å². The minimum Gasteiger partial charge on any atom is -0.497 e. The van der Waals surface area contributed by atoms with Crippen LogP contribution in [0.3, 0.4) is 0 Å². The smallest absolute Gasteiger partial charge is 0.129 e. The van der Waals surface area contributed by atoms with Crippen molar-refractivity contribution in [3.63, 3.8) is 0 Å². The number of aliphatic hydroxyl groups is 2. The van der Waals surface area contributed by atoms with Crippen LogP contribution in [0.1, 0.15) is 29.4 Å². The van der Waals surface area contributed by atoms with Crippen LogP contribution in [0.4, 0.5) is 0 Å². The Morgan fingerprint density at radius 3 is 2.78 bits per heavy atom. The molecule has 5 nitrogen and oxygen atoms in total. The molecular weight excluding hydrogens is 294 g/mol. The number of benzene rings is 1. The van der Waals surface area contributed by atoms with Crippen molar-refractivity contribution in [1.29, 1.82) is 0 Å². The van der Waals surface area contributed by atoms with Crippen molar-refractivity contribution >= 4 is 0 Å². The Kier molecular flexibility index (Phi) is 5.00. The van der Waals surface area contributed by atoms with Gasteiger partial charge in [-0.25, -0.2) is 0 Å². The largest absolute Gasteiger partial charge is 0.497 e. The Morgan fingerprint density at radius 2 is 2.09 bits per heavy atom. The van der Waals surface area contributed by atoms with E-state index in [9.17, 15) is 5.11 Å². The number of aliphatic hydroxyl groups excluding tert-OH is 2. The van der Waals surface area contributed by atoms with Crippen molar-refractivity contribution in [2.75, 3.05) is 20.2 Å². The fourth-order valence-corrected chi connectivity index (χ4v) is 3.21. The third kappa shape index (κ3) is 3.75. The Morgan fingerprint density at radius 1 is 1.26 bits per heavy atom. The van der Waals surface area contributed by atoms with Crippen molar-refractivity contribution in [2.45, 2.75) is 31.6 Å². The van der Waals surface area contributed by atoms with Crippen molar-refractivity contribution in [3.05, 3.63) is 53.5 Å². The van der Waals surface area contributed by atoms with E-state index in [0.717, 1.165) is 30.0 Å². The lowest BCUT2D eigenvalue weighted by molar-refractivity contribution is 0.0442. The van der Waals surface area contributed by atoms with Gasteiger partial charge in [-0.1, -0.05) is 12.1 Å². The lowest BCUT2D eigenvalue weighted by Crippen LogP contribution is -2.42. The average molecular weight is 317 g/mol. The van der Waals surface area contributed by atoms with E-state index in [2.05, 4.69) is 4.90 Å². The molecule has 0 aliphatic carbocycles. The molecule has 2 N–H and O–H groups in total. The lowest BCUT2D eigenvalue weighted by Gasteiger charge is -2.35. The number of nitrogens with zero attached hydrogens (tertiary/aromatic N) is 1. The molecule has 1 fully saturated rings. The van der Waals surface area contributed by atoms with E-state index < -0.39 is 6.10 Å². The predicted octanol–water partition coefficient (Wildman–Crippen LogP) is 2.13. The molecule has 0 saturated carbocycles. The number of rotatable bonds is 5. The first kappa shape index (κ1) is 16.1. The fraction of sp³-hybridized carbons (Fsp3) is 0.444. The van der Waals surface area contributed by atoms with Crippen molar-refractivity contribution < 1.29 is 19.4 Å². The van der Waals surface area contributed by atoms with Gasteiger partial charge in [0.1, 0.15) is 23.9 Å². The Hall–Kier alpha value is -1.82. The van der Waals surface area contributed by atoms with Gasteiger partial charge in [0, 0.05) is 12.5 Å². The number of hydrogen-bond acceptors (Lipinski definition) is 5. The van der Waals surface area contributed by atoms with Gasteiger partial charge in [0.2, 0.25) is 0 Å². The highest BCUT2D eigenvalue weighted by Crippen LogP contribution is 2.31. The summed E-state index contributed by atoms with van der Waals surface area (Å²) in [5.41, 5.74) is 1.12. The molecule has 0 unspecified atom stereocenters. The lowest BCUT2D eigenvalue weighted by atomic mass is 9.87. The third-order valence-corrected chi connectivity index (χ3v) is 4.44. The van der Waals surface area contributed by atoms with Gasteiger partial charge in [-0.3, -0.25) is 4.90 Å². The molecular formula is C18H23NO4. The molecule has 2 heterocycles. The number of hydrogen-bond donors (Lipinski definition) is 2. The molecule has 3 rings (SSSR count). The van der Waals surface area contributed by atoms with Crippen LogP contribution >= 0.6 is 0 Å². The van der Waals surface area contributed by atoms with E-state index in [1.807, 2.05) is 30.3 Å². The van der Waals surface area contributed by atoms with Crippen molar-refractivity contribution in [1.82, 2.24) is 4.90 Å². The maximum atomic E-state index is 10.5. The van der Waals surface area contributed by atoms with Crippen molar-refractivity contribution in [2.24, 2.45) is 0 Å². The molecule has 1 aliphatic rings. The molecule has 0 radical (unpaired) electrons. The molecule has 1 aromatic carbocycles. The first-order chi connectivity index (χ1) is 11.2. The van der Waals surface area contributed by atoms with E-state index in [-0.39, 0.29) is 12.5 Å². The first-order valence-corrected chi connectivity index (χ1v) is 7.92. The monoisotopic (exact) mass is 317 g/mol. The van der Waals surface area contributed by atoms with E-state index in [4.69, 9.17) is 14.3 Å². The molecule has 1 saturated heterocycles. The summed E-state index contributed by atoms with van der Waals surface area (Å²) in [4.78, 5) is 2.18. The van der Waals surface area contributed by atoms with Crippen molar-refractivity contribution in [3.8, 4) is 5.75 Å². The van der Waals surface area contributed by atoms with Gasteiger partial charge < -0.3 is 19.4 Å². The normalized spacial score (nSPS) is 22.2. The quantitative estimate of drug-likeness (QED) is 0.884. The average Bonchev–Trinajstić information content (AvgIpc) is 3.02. The SMILES string of the molecule is COc1cccc([C@@H]2CCN(Cc3ccc(CO)o3)C[C@H]2O)c1. The summed E-state index contributed by atoms with van der Waals surface area (Å²) in [6.07, 6.45) is 0.477. The van der Waals surface area contributed by atoms with Gasteiger partial charge >= 0.3 is 0 Å². The van der Waals surface area contributed by atoms with Crippen LogP contribution in [0.15, 0.2) is 40.8 Å². The summed E-state index contributed by atoms with van der Waals surface area (Å²) >= 11 is 0. The van der Waals surface area contributed by atoms with Gasteiger partial charge in [0.05, 0.1) is 19.8 Å². The van der Waals surface area contributed by atoms with Gasteiger partial charge in [0.25, 0.3) is 0 Å². The van der Waals surface area contributed by atoms with E-state index in [0.29, 0.717) is 18.8 Å². The van der Waals surface area contributed by atoms with E-state index >= 15 is 0 Å². The predicted molar refractivity (Wildman–Crippen MR) is 86.3 cm³/mol. The molecule has 2 aromatic rings. The second kappa shape index (κ2) is 7.17. The Labute approximate surface area is 136 Å². The number of β-amino-alcohol motifs (C(OH)–C–C–N with tert-alkyl or cyclic N) is 1. The van der Waals surface area contributed by atoms with Crippen LogP contribution in [0, 0.1) is 0 Å². The van der Waals surface area contributed by atoms with E-state index in [1.54, 1.807) is 13.2 Å². The standard InChI is InChI=1S/C18H23NO4/c1-22-14-4-2-3-13(9-14)17-7-8-19(11-18(17)21)10-15-5-6-16(12-20)23-15/h2-6,9,17-18,20-21H,7-8,10-12H2,1H3/t17-,18+/m0/s1. The van der Waals surface area contributed by atoms with Gasteiger partial charge in [0.15, 0.2) is 0 Å². The fourth-order valence-electron chi connectivity index (χ4n) is 3.21. The number of furan rings is 1. The minimum atomic E-state index is -0.414. The van der Waals surface area contributed by atoms with Gasteiger partial charge in [-0.2, -0.15) is 0 Å². The zero-order chi connectivity index (χ0) is 16.2. The summed E-state index contributed by atoms with van der Waals surface area (Å²) in [6.45, 7) is 2.08. The van der Waals surface area contributed by atoms with E-state index in [1.165, 1.54) is 0 Å². The number of piperidine rings is 1. The number of methoxy groups -OCH3 is 1. The van der Waals surface area contributed by atoms with Crippen LogP contribution in [-0.2, 0) is 13.2 Å². The maximum Gasteiger partial charge on any atom is 0.129 e. The summed E-state index contributed by atoms with van der Waals surface area (Å²) in [7, 11) is 1.65. The molecule has 0 spiro atoms. The summed E-state index contributed by atoms with van der Waals surface area (Å²) in [5.74, 6) is 2.35. The van der Waals surface area contributed by atoms with Crippen LogP contribution < -0.4 is 4.74 Å². The topological polar surface area (TPSA) is 66.1 Å². The molecule has 0 bridgehead atoms. The third-order valence-electron chi connectivity index (χ3n) is 4.44. The maximum absolute atomic E-state index is 10.5. The minimum absolute atomic E-state index is 0.0828. The number of ether oxygens (including phenoxy) is 1. The molecule has 23 heavy (non-hydrogen) atoms. The second-order valence-corrected chi connectivity index (χ2v) is 6.00. The zero-order valence-corrected chi connectivity index (χ0v) is 13.3. The molecule has 1 aliphatic heterocycles. The second-order valence-electron chi connectivity index (χ2n) is 6.00. The zero-order valence-electron chi connectivity index (χ0n) is 13.3. The summed E-state index contributed by atoms with van der Waals surface area (Å²) in [5, 5.41) is 19.6. The summed E-state index contributed by atoms with van der Waals surface area (Å²) < 4.78 is 10.8. The summed E-state index contributed by atoms with van der Waals surface area (Å²) in [6, 6.07) is 11.6. The van der Waals surface area contributed by atoms with Gasteiger partial charge in [-0.05, 0) is 42.8 Å². The van der Waals surface area contributed by atoms with Crippen LogP contribution in [0.5, 0.6) is 5.75 Å². The molecule has 1 aromatic heterocycles. The highest BCUT2D eigenvalue weighted by molar-refractivity contribution is 5.31. The Balaban J connectivity index is 1.62. The highest BCUT2D eigenvalue weighted by Gasteiger charge is 2.29. The molecule has 2 atom stereocenters. The molecule has 124 valence electrons. The molecule has 5 heteroatoms. The van der Waals surface area contributed by atoms with Crippen LogP contribution in [-0.4, -0.2) is 41.4 Å².